The Kier molecular flexibility index (Phi) is 7.25. The number of aliphatic imine (C=N–C) groups is 1. The van der Waals surface area contributed by atoms with Crippen molar-refractivity contribution in [3.63, 3.8) is 0 Å². The molecular formula is C26H29F2N5O2. The number of nitrogens with one attached hydrogen (secondary N) is 2. The van der Waals surface area contributed by atoms with Crippen molar-refractivity contribution in [3.8, 4) is 0 Å². The van der Waals surface area contributed by atoms with Gasteiger partial charge in [-0.15, -0.1) is 0 Å². The Morgan fingerprint density at radius 1 is 1.29 bits per heavy atom. The summed E-state index contributed by atoms with van der Waals surface area (Å²) in [5.74, 6) is -0.599. The number of aliphatic hydroxyl groups is 1. The maximum absolute atomic E-state index is 14.3. The Hall–Kier alpha value is -3.59. The van der Waals surface area contributed by atoms with Gasteiger partial charge in [0.15, 0.2) is 5.96 Å². The van der Waals surface area contributed by atoms with E-state index in [9.17, 15) is 18.7 Å². The van der Waals surface area contributed by atoms with E-state index in [2.05, 4.69) is 27.2 Å². The Balaban J connectivity index is 1.43. The van der Waals surface area contributed by atoms with Gasteiger partial charge < -0.3 is 21.5 Å². The van der Waals surface area contributed by atoms with Crippen molar-refractivity contribution in [2.75, 3.05) is 6.54 Å². The first-order valence-electron chi connectivity index (χ1n) is 11.5. The molecule has 0 spiro atoms. The van der Waals surface area contributed by atoms with E-state index in [1.807, 2.05) is 6.07 Å². The van der Waals surface area contributed by atoms with Crippen molar-refractivity contribution >= 4 is 17.4 Å². The molecule has 0 radical (unpaired) electrons. The average Bonchev–Trinajstić information content (AvgIpc) is 2.81. The van der Waals surface area contributed by atoms with Gasteiger partial charge in [0, 0.05) is 36.0 Å². The molecule has 2 fully saturated rings. The van der Waals surface area contributed by atoms with Crippen molar-refractivity contribution in [1.29, 1.82) is 0 Å². The second-order valence-electron chi connectivity index (χ2n) is 9.15. The van der Waals surface area contributed by atoms with E-state index in [1.54, 1.807) is 24.3 Å². The highest BCUT2D eigenvalue weighted by atomic mass is 19.1. The van der Waals surface area contributed by atoms with Crippen LogP contribution in [0.5, 0.6) is 0 Å². The van der Waals surface area contributed by atoms with Crippen LogP contribution in [0.25, 0.3) is 5.57 Å². The van der Waals surface area contributed by atoms with Gasteiger partial charge in [0.25, 0.3) is 5.91 Å². The summed E-state index contributed by atoms with van der Waals surface area (Å²) >= 11 is 0. The number of aliphatic hydroxyl groups excluding tert-OH is 1. The molecule has 1 aromatic carbocycles. The summed E-state index contributed by atoms with van der Waals surface area (Å²) in [6, 6.07) is 9.82. The van der Waals surface area contributed by atoms with Gasteiger partial charge in [-0.05, 0) is 61.1 Å². The molecule has 2 aliphatic carbocycles. The van der Waals surface area contributed by atoms with Crippen LogP contribution in [-0.4, -0.2) is 46.8 Å². The van der Waals surface area contributed by atoms with Gasteiger partial charge >= 0.3 is 0 Å². The third kappa shape index (κ3) is 5.57. The van der Waals surface area contributed by atoms with E-state index >= 15 is 0 Å². The first kappa shape index (κ1) is 24.5. The normalized spacial score (nSPS) is 26.3. The maximum Gasteiger partial charge on any atom is 0.251 e. The molecule has 5 N–H and O–H groups in total. The van der Waals surface area contributed by atoms with Gasteiger partial charge in [0.1, 0.15) is 12.0 Å². The van der Waals surface area contributed by atoms with Crippen LogP contribution in [0.1, 0.15) is 47.3 Å². The van der Waals surface area contributed by atoms with Gasteiger partial charge in [-0.2, -0.15) is 0 Å². The molecule has 35 heavy (non-hydrogen) atoms. The lowest BCUT2D eigenvalue weighted by atomic mass is 9.65. The summed E-state index contributed by atoms with van der Waals surface area (Å²) in [6.07, 6.45) is 4.68. The first-order chi connectivity index (χ1) is 16.8. The Morgan fingerprint density at radius 3 is 2.69 bits per heavy atom. The number of alkyl halides is 1. The summed E-state index contributed by atoms with van der Waals surface area (Å²) in [6.45, 7) is 4.01. The summed E-state index contributed by atoms with van der Waals surface area (Å²) in [5, 5.41) is 15.3. The number of allylic oxidation sites excluding steroid dienone is 2. The predicted molar refractivity (Wildman–Crippen MR) is 131 cm³/mol. The van der Waals surface area contributed by atoms with E-state index < -0.39 is 17.4 Å². The molecule has 2 saturated carbocycles. The van der Waals surface area contributed by atoms with Gasteiger partial charge in [0.05, 0.1) is 11.8 Å². The van der Waals surface area contributed by atoms with Crippen LogP contribution in [0.3, 0.4) is 0 Å². The third-order valence-corrected chi connectivity index (χ3v) is 6.56. The standard InChI is InChI=1S/C26H29F2N5O2/c1-2-16(17-5-3-6-18(9-17)24(35)33-20-10-21(34)11-20)14-31-25(29)32-15-26(12-19(27)13-26)23-22(28)7-4-8-30-23/h2-9,14,19-21,34H,1,10-13,15H2,(H,33,35)(H3,29,31,32)/b16-14+/t19-,20?,21?,26-. The number of nitrogens with two attached hydrogens (primary N) is 1. The molecule has 2 aliphatic rings. The highest BCUT2D eigenvalue weighted by molar-refractivity contribution is 5.95. The molecule has 4 rings (SSSR count). The molecule has 7 nitrogen and oxygen atoms in total. The molecule has 1 amide bonds. The lowest BCUT2D eigenvalue weighted by Gasteiger charge is -2.43. The van der Waals surface area contributed by atoms with E-state index in [4.69, 9.17) is 5.73 Å². The fourth-order valence-corrected chi connectivity index (χ4v) is 4.49. The number of carbonyl (C=O) groups is 1. The highest BCUT2D eigenvalue weighted by Crippen LogP contribution is 2.45. The molecule has 2 aromatic rings. The van der Waals surface area contributed by atoms with Crippen molar-refractivity contribution in [3.05, 3.63) is 84.1 Å². The maximum atomic E-state index is 14.3. The highest BCUT2D eigenvalue weighted by Gasteiger charge is 2.48. The Morgan fingerprint density at radius 2 is 2.03 bits per heavy atom. The van der Waals surface area contributed by atoms with Crippen molar-refractivity contribution < 1.29 is 18.7 Å². The molecule has 0 atom stereocenters. The third-order valence-electron chi connectivity index (χ3n) is 6.56. The van der Waals surface area contributed by atoms with Crippen LogP contribution in [0.4, 0.5) is 8.78 Å². The monoisotopic (exact) mass is 481 g/mol. The number of amides is 1. The van der Waals surface area contributed by atoms with Gasteiger partial charge in [0.2, 0.25) is 0 Å². The number of aromatic nitrogens is 1. The number of carbonyl (C=O) groups excluding carboxylic acids is 1. The lowest BCUT2D eigenvalue weighted by molar-refractivity contribution is 0.0562. The van der Waals surface area contributed by atoms with Gasteiger partial charge in [-0.25, -0.2) is 13.8 Å². The largest absolute Gasteiger partial charge is 0.393 e. The molecule has 0 bridgehead atoms. The molecule has 184 valence electrons. The quantitative estimate of drug-likeness (QED) is 0.263. The van der Waals surface area contributed by atoms with Crippen molar-refractivity contribution in [1.82, 2.24) is 15.6 Å². The lowest BCUT2D eigenvalue weighted by Crippen LogP contribution is -2.52. The number of rotatable bonds is 8. The summed E-state index contributed by atoms with van der Waals surface area (Å²) in [4.78, 5) is 20.9. The minimum atomic E-state index is -1.01. The minimum absolute atomic E-state index is 0.0164. The zero-order valence-corrected chi connectivity index (χ0v) is 19.3. The molecule has 9 heteroatoms. The number of pyridine rings is 1. The molecule has 1 aromatic heterocycles. The van der Waals surface area contributed by atoms with Crippen molar-refractivity contribution in [2.24, 2.45) is 10.7 Å². The summed E-state index contributed by atoms with van der Waals surface area (Å²) in [7, 11) is 0. The fraction of sp³-hybridized carbons (Fsp3) is 0.346. The van der Waals surface area contributed by atoms with E-state index in [0.29, 0.717) is 24.0 Å². The second-order valence-corrected chi connectivity index (χ2v) is 9.15. The molecule has 0 saturated heterocycles. The number of hydrogen-bond acceptors (Lipinski definition) is 4. The van der Waals surface area contributed by atoms with Crippen LogP contribution in [0.2, 0.25) is 0 Å². The number of nitrogens with zero attached hydrogens (tertiary/aromatic N) is 2. The number of hydrogen-bond donors (Lipinski definition) is 4. The van der Waals surface area contributed by atoms with Crippen LogP contribution in [0, 0.1) is 5.82 Å². The van der Waals surface area contributed by atoms with Crippen LogP contribution in [-0.2, 0) is 5.41 Å². The predicted octanol–water partition coefficient (Wildman–Crippen LogP) is 2.97. The Bertz CT molecular complexity index is 1150. The molecular weight excluding hydrogens is 452 g/mol. The zero-order valence-electron chi connectivity index (χ0n) is 19.3. The topological polar surface area (TPSA) is 113 Å². The van der Waals surface area contributed by atoms with Crippen LogP contribution < -0.4 is 16.4 Å². The second kappa shape index (κ2) is 10.4. The van der Waals surface area contributed by atoms with E-state index in [1.165, 1.54) is 24.5 Å². The minimum Gasteiger partial charge on any atom is -0.393 e. The van der Waals surface area contributed by atoms with E-state index in [-0.39, 0.29) is 49.1 Å². The van der Waals surface area contributed by atoms with Gasteiger partial charge in [-0.3, -0.25) is 9.78 Å². The van der Waals surface area contributed by atoms with Crippen LogP contribution >= 0.6 is 0 Å². The van der Waals surface area contributed by atoms with Crippen LogP contribution in [0.15, 0.2) is 66.4 Å². The summed E-state index contributed by atoms with van der Waals surface area (Å²) in [5.41, 5.74) is 7.32. The molecule has 1 heterocycles. The van der Waals surface area contributed by atoms with E-state index in [0.717, 1.165) is 5.56 Å². The average molecular weight is 482 g/mol. The molecule has 0 aliphatic heterocycles. The molecule has 0 unspecified atom stereocenters. The number of guanidine groups is 1. The summed E-state index contributed by atoms with van der Waals surface area (Å²) < 4.78 is 28.1. The SMILES string of the molecule is C=C/C(=C\N=C(/N)NC[C@]1(c2ncccc2F)C[C@H](F)C1)c1cccc(C(=O)NC2CC(O)C2)c1. The zero-order chi connectivity index (χ0) is 25.0. The Labute approximate surface area is 202 Å². The van der Waals surface area contributed by atoms with Gasteiger partial charge in [-0.1, -0.05) is 24.8 Å². The number of halogens is 2. The van der Waals surface area contributed by atoms with Crippen molar-refractivity contribution in [2.45, 2.75) is 49.4 Å². The fourth-order valence-electron chi connectivity index (χ4n) is 4.49. The smallest absolute Gasteiger partial charge is 0.251 e. The first-order valence-corrected chi connectivity index (χ1v) is 11.5. The number of benzene rings is 1.